The minimum Gasteiger partial charge on any atom is -0.458 e. The summed E-state index contributed by atoms with van der Waals surface area (Å²) in [5.74, 6) is 2.36. The van der Waals surface area contributed by atoms with Gasteiger partial charge in [-0.2, -0.15) is 0 Å². The first kappa shape index (κ1) is 16.5. The summed E-state index contributed by atoms with van der Waals surface area (Å²) in [6, 6.07) is 20.8. The van der Waals surface area contributed by atoms with Gasteiger partial charge in [0.2, 0.25) is 0 Å². The second-order valence-electron chi connectivity index (χ2n) is 6.38. The highest BCUT2D eigenvalue weighted by Crippen LogP contribution is 2.32. The SMILES string of the molecule is CC[Si](CC)c1cccc2c1Oc1ccccc1[Si]2(CC)CC. The predicted octanol–water partition coefficient (Wildman–Crippen LogP) is 4.14. The van der Waals surface area contributed by atoms with Gasteiger partial charge in [-0.15, -0.1) is 0 Å². The average molecular weight is 340 g/mol. The van der Waals surface area contributed by atoms with Gasteiger partial charge in [-0.25, -0.2) is 0 Å². The third-order valence-corrected chi connectivity index (χ3v) is 13.7. The first-order valence-electron chi connectivity index (χ1n) is 8.97. The van der Waals surface area contributed by atoms with Crippen molar-refractivity contribution in [2.24, 2.45) is 0 Å². The average Bonchev–Trinajstić information content (AvgIpc) is 2.61. The number of hydrogen-bond donors (Lipinski definition) is 0. The minimum absolute atomic E-state index is 0.511. The Balaban J connectivity index is 2.26. The lowest BCUT2D eigenvalue weighted by atomic mass is 10.3. The Kier molecular flexibility index (Phi) is 4.78. The van der Waals surface area contributed by atoms with Gasteiger partial charge in [-0.05, 0) is 21.6 Å². The van der Waals surface area contributed by atoms with Crippen molar-refractivity contribution < 1.29 is 4.74 Å². The molecule has 0 spiro atoms. The molecule has 0 amide bonds. The zero-order valence-corrected chi connectivity index (χ0v) is 16.8. The topological polar surface area (TPSA) is 9.23 Å². The highest BCUT2D eigenvalue weighted by Gasteiger charge is 2.42. The molecule has 0 aliphatic carbocycles. The van der Waals surface area contributed by atoms with E-state index in [1.54, 1.807) is 5.19 Å². The molecule has 2 aromatic rings. The molecule has 23 heavy (non-hydrogen) atoms. The van der Waals surface area contributed by atoms with E-state index in [1.807, 2.05) is 0 Å². The van der Waals surface area contributed by atoms with E-state index in [0.717, 1.165) is 5.75 Å². The van der Waals surface area contributed by atoms with Crippen molar-refractivity contribution in [2.75, 3.05) is 0 Å². The molecular formula is C20H27OSi2. The van der Waals surface area contributed by atoms with Crippen LogP contribution < -0.4 is 20.3 Å². The Hall–Kier alpha value is -1.33. The number of fused-ring (bicyclic) bond motifs is 2. The maximum atomic E-state index is 6.51. The largest absolute Gasteiger partial charge is 0.458 e. The molecule has 3 heteroatoms. The molecule has 1 aliphatic heterocycles. The maximum absolute atomic E-state index is 6.51. The van der Waals surface area contributed by atoms with Gasteiger partial charge < -0.3 is 4.74 Å². The smallest absolute Gasteiger partial charge is 0.127 e. The molecule has 1 heterocycles. The van der Waals surface area contributed by atoms with Crippen LogP contribution in [0.25, 0.3) is 0 Å². The summed E-state index contributed by atoms with van der Waals surface area (Å²) in [6.45, 7) is 9.41. The summed E-state index contributed by atoms with van der Waals surface area (Å²) in [7, 11) is -2.19. The first-order chi connectivity index (χ1) is 11.2. The molecule has 0 aromatic heterocycles. The molecule has 1 radical (unpaired) electrons. The van der Waals surface area contributed by atoms with Crippen LogP contribution in [0.5, 0.6) is 11.5 Å². The van der Waals surface area contributed by atoms with Crippen LogP contribution in [0.15, 0.2) is 42.5 Å². The summed E-state index contributed by atoms with van der Waals surface area (Å²) in [5, 5.41) is 4.56. The van der Waals surface area contributed by atoms with E-state index in [1.165, 1.54) is 40.3 Å². The minimum atomic E-state index is -1.68. The summed E-state index contributed by atoms with van der Waals surface area (Å²) in [6.07, 6.45) is 0. The van der Waals surface area contributed by atoms with E-state index < -0.39 is 16.9 Å². The van der Waals surface area contributed by atoms with E-state index >= 15 is 0 Å². The summed E-state index contributed by atoms with van der Waals surface area (Å²) in [5.41, 5.74) is 0. The van der Waals surface area contributed by atoms with Crippen molar-refractivity contribution in [1.29, 1.82) is 0 Å². The number of ether oxygens (including phenoxy) is 1. The molecule has 1 aliphatic rings. The second-order valence-corrected chi connectivity index (χ2v) is 14.2. The van der Waals surface area contributed by atoms with Gasteiger partial charge in [0.15, 0.2) is 0 Å². The molecule has 0 bridgehead atoms. The first-order valence-corrected chi connectivity index (χ1v) is 13.3. The van der Waals surface area contributed by atoms with Crippen LogP contribution in [-0.4, -0.2) is 16.9 Å². The summed E-state index contributed by atoms with van der Waals surface area (Å²) in [4.78, 5) is 0. The lowest BCUT2D eigenvalue weighted by molar-refractivity contribution is 0.489. The van der Waals surface area contributed by atoms with Crippen LogP contribution in [0.3, 0.4) is 0 Å². The van der Waals surface area contributed by atoms with Crippen LogP contribution in [0.4, 0.5) is 0 Å². The van der Waals surface area contributed by atoms with Gasteiger partial charge in [-0.1, -0.05) is 88.3 Å². The molecule has 0 fully saturated rings. The van der Waals surface area contributed by atoms with Crippen LogP contribution in [0, 0.1) is 0 Å². The molecule has 0 unspecified atom stereocenters. The standard InChI is InChI=1S/C20H27OSi2/c1-5-22(6-2)17-13-11-15-19-20(17)21-16-12-9-10-14-18(16)23(19,7-3)8-4/h9-15H,5-8H2,1-4H3. The lowest BCUT2D eigenvalue weighted by Crippen LogP contribution is -2.61. The lowest BCUT2D eigenvalue weighted by Gasteiger charge is -2.38. The van der Waals surface area contributed by atoms with Crippen molar-refractivity contribution >= 4 is 32.4 Å². The fraction of sp³-hybridized carbons (Fsp3) is 0.400. The zero-order valence-electron chi connectivity index (χ0n) is 14.8. The Morgan fingerprint density at radius 1 is 0.826 bits per heavy atom. The molecule has 2 aromatic carbocycles. The number of para-hydroxylation sites is 2. The van der Waals surface area contributed by atoms with Crippen molar-refractivity contribution in [3.8, 4) is 11.5 Å². The Morgan fingerprint density at radius 3 is 2.13 bits per heavy atom. The van der Waals surface area contributed by atoms with Gasteiger partial charge in [0, 0.05) is 0 Å². The van der Waals surface area contributed by atoms with E-state index in [9.17, 15) is 0 Å². The van der Waals surface area contributed by atoms with E-state index in [4.69, 9.17) is 4.74 Å². The monoisotopic (exact) mass is 339 g/mol. The molecular weight excluding hydrogens is 312 g/mol. The van der Waals surface area contributed by atoms with Crippen molar-refractivity contribution in [3.63, 3.8) is 0 Å². The molecule has 0 saturated carbocycles. The fourth-order valence-electron chi connectivity index (χ4n) is 4.15. The van der Waals surface area contributed by atoms with Gasteiger partial charge in [0.25, 0.3) is 0 Å². The van der Waals surface area contributed by atoms with Crippen LogP contribution in [0.2, 0.25) is 24.2 Å². The molecule has 3 rings (SSSR count). The molecule has 0 N–H and O–H groups in total. The number of hydrogen-bond acceptors (Lipinski definition) is 1. The Morgan fingerprint density at radius 2 is 1.48 bits per heavy atom. The quantitative estimate of drug-likeness (QED) is 0.744. The van der Waals surface area contributed by atoms with E-state index in [0.29, 0.717) is 0 Å². The third kappa shape index (κ3) is 2.50. The van der Waals surface area contributed by atoms with E-state index in [2.05, 4.69) is 70.2 Å². The molecule has 121 valence electrons. The van der Waals surface area contributed by atoms with E-state index in [-0.39, 0.29) is 0 Å². The zero-order chi connectivity index (χ0) is 16.4. The Bertz CT molecular complexity index is 688. The molecule has 1 nitrogen and oxygen atoms in total. The number of benzene rings is 2. The summed E-state index contributed by atoms with van der Waals surface area (Å²) >= 11 is 0. The Labute approximate surface area is 143 Å². The van der Waals surface area contributed by atoms with Gasteiger partial charge in [0.1, 0.15) is 19.6 Å². The molecule has 0 atom stereocenters. The van der Waals surface area contributed by atoms with Gasteiger partial charge in [-0.3, -0.25) is 0 Å². The molecule has 0 saturated heterocycles. The van der Waals surface area contributed by atoms with Crippen molar-refractivity contribution in [2.45, 2.75) is 51.9 Å². The van der Waals surface area contributed by atoms with Crippen molar-refractivity contribution in [3.05, 3.63) is 42.5 Å². The van der Waals surface area contributed by atoms with Gasteiger partial charge >= 0.3 is 0 Å². The maximum Gasteiger partial charge on any atom is 0.127 e. The van der Waals surface area contributed by atoms with Crippen LogP contribution in [-0.2, 0) is 0 Å². The number of rotatable bonds is 5. The highest BCUT2D eigenvalue weighted by atomic mass is 28.3. The second kappa shape index (κ2) is 6.66. The fourth-order valence-corrected chi connectivity index (χ4v) is 10.7. The van der Waals surface area contributed by atoms with Crippen LogP contribution in [0.1, 0.15) is 27.7 Å². The third-order valence-electron chi connectivity index (χ3n) is 5.59. The van der Waals surface area contributed by atoms with Gasteiger partial charge in [0.05, 0.1) is 8.80 Å². The summed E-state index contributed by atoms with van der Waals surface area (Å²) < 4.78 is 6.51. The predicted molar refractivity (Wildman–Crippen MR) is 105 cm³/mol. The highest BCUT2D eigenvalue weighted by molar-refractivity contribution is 7.03. The normalized spacial score (nSPS) is 15.0. The van der Waals surface area contributed by atoms with Crippen LogP contribution >= 0.6 is 0 Å². The van der Waals surface area contributed by atoms with Crippen molar-refractivity contribution in [1.82, 2.24) is 0 Å².